The van der Waals surface area contributed by atoms with Gasteiger partial charge in [0.15, 0.2) is 5.82 Å². The maximum absolute atomic E-state index is 12.2. The standard InChI is InChI=1S/C17H25N5O3S.ClH/c1-12(13-5-7-14(8-6-13)26(23,24)21(2)3)17-19-16(20-25-17)15-11-18-9-10-22(15)4;/h5-8,12,15,18H,9-11H2,1-4H3;1H. The summed E-state index contributed by atoms with van der Waals surface area (Å²) in [6.07, 6.45) is 0. The lowest BCUT2D eigenvalue weighted by molar-refractivity contribution is 0.190. The summed E-state index contributed by atoms with van der Waals surface area (Å²) in [6.45, 7) is 4.65. The minimum atomic E-state index is -3.43. The van der Waals surface area contributed by atoms with Gasteiger partial charge in [0.1, 0.15) is 0 Å². The quantitative estimate of drug-likeness (QED) is 0.790. The highest BCUT2D eigenvalue weighted by Gasteiger charge is 2.27. The normalized spacial score (nSPS) is 19.7. The first kappa shape index (κ1) is 21.8. The van der Waals surface area contributed by atoms with E-state index in [9.17, 15) is 8.42 Å². The molecule has 1 fully saturated rings. The third-order valence-electron chi connectivity index (χ3n) is 4.80. The van der Waals surface area contributed by atoms with Crippen molar-refractivity contribution in [2.24, 2.45) is 0 Å². The average Bonchev–Trinajstić information content (AvgIpc) is 3.11. The molecule has 1 aromatic heterocycles. The second-order valence-corrected chi connectivity index (χ2v) is 8.92. The number of nitrogens with zero attached hydrogens (tertiary/aromatic N) is 4. The van der Waals surface area contributed by atoms with Gasteiger partial charge in [-0.2, -0.15) is 4.98 Å². The van der Waals surface area contributed by atoms with Crippen LogP contribution in [0, 0.1) is 0 Å². The highest BCUT2D eigenvalue weighted by Crippen LogP contribution is 2.26. The van der Waals surface area contributed by atoms with E-state index in [0.29, 0.717) is 11.7 Å². The Morgan fingerprint density at radius 2 is 1.96 bits per heavy atom. The largest absolute Gasteiger partial charge is 0.339 e. The number of aromatic nitrogens is 2. The Balaban J connectivity index is 0.00000261. The van der Waals surface area contributed by atoms with E-state index < -0.39 is 10.0 Å². The highest BCUT2D eigenvalue weighted by atomic mass is 35.5. The molecule has 0 aliphatic carbocycles. The fourth-order valence-electron chi connectivity index (χ4n) is 2.93. The summed E-state index contributed by atoms with van der Waals surface area (Å²) in [5.74, 6) is 1.09. The molecule has 0 amide bonds. The molecule has 3 rings (SSSR count). The molecule has 0 saturated carbocycles. The zero-order valence-electron chi connectivity index (χ0n) is 15.9. The van der Waals surface area contributed by atoms with Gasteiger partial charge in [-0.25, -0.2) is 12.7 Å². The Morgan fingerprint density at radius 3 is 2.56 bits per heavy atom. The van der Waals surface area contributed by atoms with Gasteiger partial charge in [0.25, 0.3) is 0 Å². The van der Waals surface area contributed by atoms with Gasteiger partial charge >= 0.3 is 0 Å². The topological polar surface area (TPSA) is 91.6 Å². The Labute approximate surface area is 166 Å². The lowest BCUT2D eigenvalue weighted by Gasteiger charge is -2.30. The van der Waals surface area contributed by atoms with Crippen LogP contribution in [0.2, 0.25) is 0 Å². The van der Waals surface area contributed by atoms with Crippen LogP contribution in [0.1, 0.15) is 36.2 Å². The van der Waals surface area contributed by atoms with Crippen molar-refractivity contribution in [3.63, 3.8) is 0 Å². The van der Waals surface area contributed by atoms with Crippen molar-refractivity contribution in [2.45, 2.75) is 23.8 Å². The maximum Gasteiger partial charge on any atom is 0.242 e. The third-order valence-corrected chi connectivity index (χ3v) is 6.62. The summed E-state index contributed by atoms with van der Waals surface area (Å²) in [5.41, 5.74) is 0.924. The fourth-order valence-corrected chi connectivity index (χ4v) is 3.84. The van der Waals surface area contributed by atoms with E-state index in [1.54, 1.807) is 24.3 Å². The minimum Gasteiger partial charge on any atom is -0.339 e. The first-order valence-electron chi connectivity index (χ1n) is 8.57. The molecule has 1 saturated heterocycles. The van der Waals surface area contributed by atoms with Gasteiger partial charge in [-0.1, -0.05) is 17.3 Å². The van der Waals surface area contributed by atoms with Gasteiger partial charge in [-0.15, -0.1) is 12.4 Å². The molecule has 0 bridgehead atoms. The van der Waals surface area contributed by atoms with Crippen molar-refractivity contribution in [2.75, 3.05) is 40.8 Å². The zero-order valence-corrected chi connectivity index (χ0v) is 17.5. The van der Waals surface area contributed by atoms with Crippen LogP contribution in [0.15, 0.2) is 33.7 Å². The van der Waals surface area contributed by atoms with Crippen LogP contribution in [0.4, 0.5) is 0 Å². The number of likely N-dealkylation sites (N-methyl/N-ethyl adjacent to an activating group) is 1. The number of sulfonamides is 1. The average molecular weight is 416 g/mol. The van der Waals surface area contributed by atoms with E-state index in [4.69, 9.17) is 4.52 Å². The molecule has 2 atom stereocenters. The summed E-state index contributed by atoms with van der Waals surface area (Å²) in [6, 6.07) is 6.90. The first-order valence-corrected chi connectivity index (χ1v) is 10.0. The highest BCUT2D eigenvalue weighted by molar-refractivity contribution is 7.89. The number of piperazine rings is 1. The third kappa shape index (κ3) is 4.49. The fraction of sp³-hybridized carbons (Fsp3) is 0.529. The van der Waals surface area contributed by atoms with E-state index in [2.05, 4.69) is 27.4 Å². The lowest BCUT2D eigenvalue weighted by Crippen LogP contribution is -2.44. The van der Waals surface area contributed by atoms with E-state index in [1.807, 2.05) is 6.92 Å². The molecule has 2 aromatic rings. The Bertz CT molecular complexity index is 854. The van der Waals surface area contributed by atoms with Gasteiger partial charge in [0.2, 0.25) is 15.9 Å². The van der Waals surface area contributed by atoms with Gasteiger partial charge in [0.05, 0.1) is 16.9 Å². The van der Waals surface area contributed by atoms with Crippen LogP contribution in [-0.2, 0) is 10.0 Å². The Kier molecular flexibility index (Phi) is 6.98. The minimum absolute atomic E-state index is 0. The number of nitrogens with one attached hydrogen (secondary N) is 1. The van der Waals surface area contributed by atoms with Gasteiger partial charge in [-0.05, 0) is 31.7 Å². The Morgan fingerprint density at radius 1 is 1.30 bits per heavy atom. The van der Waals surface area contributed by atoms with E-state index in [0.717, 1.165) is 25.2 Å². The van der Waals surface area contributed by atoms with Crippen LogP contribution in [0.5, 0.6) is 0 Å². The smallest absolute Gasteiger partial charge is 0.242 e. The molecule has 1 aromatic carbocycles. The lowest BCUT2D eigenvalue weighted by atomic mass is 10.0. The summed E-state index contributed by atoms with van der Waals surface area (Å²) in [4.78, 5) is 7.04. The zero-order chi connectivity index (χ0) is 18.9. The molecule has 2 unspecified atom stereocenters. The number of benzene rings is 1. The molecule has 27 heavy (non-hydrogen) atoms. The van der Waals surface area contributed by atoms with Crippen LogP contribution in [0.3, 0.4) is 0 Å². The summed E-state index contributed by atoms with van der Waals surface area (Å²) < 4.78 is 31.0. The van der Waals surface area contributed by atoms with Crippen molar-refractivity contribution in [3.05, 3.63) is 41.5 Å². The van der Waals surface area contributed by atoms with Crippen LogP contribution < -0.4 is 5.32 Å². The number of rotatable bonds is 5. The molecule has 10 heteroatoms. The molecule has 1 aliphatic rings. The van der Waals surface area contributed by atoms with Gasteiger partial charge < -0.3 is 9.84 Å². The second-order valence-electron chi connectivity index (χ2n) is 6.77. The molecule has 8 nitrogen and oxygen atoms in total. The van der Waals surface area contributed by atoms with Crippen LogP contribution in [-0.4, -0.2) is 68.5 Å². The van der Waals surface area contributed by atoms with Crippen LogP contribution >= 0.6 is 12.4 Å². The van der Waals surface area contributed by atoms with E-state index in [-0.39, 0.29) is 29.3 Å². The van der Waals surface area contributed by atoms with Crippen molar-refractivity contribution >= 4 is 22.4 Å². The van der Waals surface area contributed by atoms with Gasteiger partial charge in [-0.3, -0.25) is 4.90 Å². The maximum atomic E-state index is 12.2. The van der Waals surface area contributed by atoms with E-state index in [1.165, 1.54) is 18.4 Å². The summed E-state index contributed by atoms with van der Waals surface area (Å²) in [5, 5.41) is 7.49. The van der Waals surface area contributed by atoms with Crippen molar-refractivity contribution in [1.82, 2.24) is 24.7 Å². The predicted octanol–water partition coefficient (Wildman–Crippen LogP) is 1.47. The van der Waals surface area contributed by atoms with Crippen molar-refractivity contribution in [1.29, 1.82) is 0 Å². The second kappa shape index (κ2) is 8.66. The predicted molar refractivity (Wildman–Crippen MR) is 105 cm³/mol. The van der Waals surface area contributed by atoms with E-state index >= 15 is 0 Å². The monoisotopic (exact) mass is 415 g/mol. The van der Waals surface area contributed by atoms with Crippen molar-refractivity contribution < 1.29 is 12.9 Å². The van der Waals surface area contributed by atoms with Crippen LogP contribution in [0.25, 0.3) is 0 Å². The first-order chi connectivity index (χ1) is 12.3. The summed E-state index contributed by atoms with van der Waals surface area (Å²) in [7, 11) is 1.65. The molecule has 0 radical (unpaired) electrons. The number of hydrogen-bond acceptors (Lipinski definition) is 7. The Hall–Kier alpha value is -1.52. The molecule has 150 valence electrons. The molecular weight excluding hydrogens is 390 g/mol. The molecule has 1 N–H and O–H groups in total. The molecular formula is C17H26ClN5O3S. The molecule has 1 aliphatic heterocycles. The van der Waals surface area contributed by atoms with Crippen molar-refractivity contribution in [3.8, 4) is 0 Å². The molecule has 2 heterocycles. The number of halogens is 1. The SMILES string of the molecule is CC(c1ccc(S(=O)(=O)N(C)C)cc1)c1nc(C2CNCCN2C)no1.Cl. The van der Waals surface area contributed by atoms with Gasteiger partial charge in [0, 0.05) is 33.7 Å². The molecule has 0 spiro atoms. The number of hydrogen-bond donors (Lipinski definition) is 1. The summed E-state index contributed by atoms with van der Waals surface area (Å²) >= 11 is 0.